The minimum Gasteiger partial charge on any atom is -0.197 e. The molecular formula is H2CuGeSSeSnZn. The summed E-state index contributed by atoms with van der Waals surface area (Å²) in [6, 6.07) is 0. The van der Waals surface area contributed by atoms with Gasteiger partial charge in [-0.15, -0.1) is 0 Å². The predicted octanol–water partition coefficient (Wildman–Crippen LogP) is -1.03. The molecule has 11 radical (unpaired) electrons. The maximum absolute atomic E-state index is 0. The number of rotatable bonds is 0. The Balaban J connectivity index is 0. The second-order valence-electron chi connectivity index (χ2n) is 0. The molecule has 0 saturated heterocycles. The Kier molecular flexibility index (Phi) is 388. The molecule has 0 saturated carbocycles. The van der Waals surface area contributed by atoms with Gasteiger partial charge in [0.15, 0.2) is 0 Å². The predicted molar refractivity (Wildman–Crippen MR) is 27.6 cm³/mol. The van der Waals surface area contributed by atoms with Crippen LogP contribution in [0.1, 0.15) is 0 Å². The van der Waals surface area contributed by atoms with E-state index in [1.165, 1.54) is 0 Å². The van der Waals surface area contributed by atoms with Crippen molar-refractivity contribution in [3.05, 3.63) is 0 Å². The molecule has 0 atom stereocenters. The summed E-state index contributed by atoms with van der Waals surface area (Å²) in [5, 5.41) is 0. The van der Waals surface area contributed by atoms with Crippen LogP contribution in [0.15, 0.2) is 0 Å². The van der Waals surface area contributed by atoms with Gasteiger partial charge in [0.05, 0.1) is 0 Å². The van der Waals surface area contributed by atoms with Crippen LogP contribution in [0.25, 0.3) is 0 Å². The van der Waals surface area contributed by atoms with Crippen molar-refractivity contribution in [3.8, 4) is 0 Å². The van der Waals surface area contributed by atoms with Crippen LogP contribution in [-0.2, 0) is 36.5 Å². The van der Waals surface area contributed by atoms with Gasteiger partial charge < -0.3 is 0 Å². The van der Waals surface area contributed by atoms with E-state index in [2.05, 4.69) is 0 Å². The Morgan fingerprint density at radius 3 is 1.00 bits per heavy atom. The van der Waals surface area contributed by atoms with Crippen LogP contribution in [0, 0.1) is 0 Å². The summed E-state index contributed by atoms with van der Waals surface area (Å²) in [7, 11) is 0. The van der Waals surface area contributed by atoms with Gasteiger partial charge in [0.1, 0.15) is 0 Å². The molecule has 0 heterocycles. The fraction of sp³-hybridized carbons (Fsp3) is 0. The second-order valence-corrected chi connectivity index (χ2v) is 0. The van der Waals surface area contributed by atoms with Crippen LogP contribution in [0.5, 0.6) is 0 Å². The molecular weight excluding hydrogens is 431 g/mol. The van der Waals surface area contributed by atoms with E-state index in [0.717, 1.165) is 0 Å². The third-order valence-corrected chi connectivity index (χ3v) is 0. The monoisotopic (exact) mass is 435 g/mol. The first-order chi connectivity index (χ1) is 0. The SMILES string of the molecule is S.[Cu].[Ge].[Se].[Sn].[Zn]. The Morgan fingerprint density at radius 1 is 1.00 bits per heavy atom. The molecule has 0 N–H and O–H groups in total. The Hall–Kier alpha value is 3.35. The third kappa shape index (κ3) is 26.4. The minimum atomic E-state index is 0. The van der Waals surface area contributed by atoms with Crippen LogP contribution in [0.4, 0.5) is 0 Å². The quantitative estimate of drug-likeness (QED) is 0.429. The van der Waals surface area contributed by atoms with Crippen molar-refractivity contribution in [2.75, 3.05) is 0 Å². The first-order valence-electron chi connectivity index (χ1n) is 0. The fourth-order valence-electron chi connectivity index (χ4n) is 0. The van der Waals surface area contributed by atoms with Crippen molar-refractivity contribution >= 4 is 72.1 Å². The number of hydrogen-bond acceptors (Lipinski definition) is 0. The zero-order valence-corrected chi connectivity index (χ0v) is 14.5. The second kappa shape index (κ2) is 40.2. The summed E-state index contributed by atoms with van der Waals surface area (Å²) < 4.78 is 0. The summed E-state index contributed by atoms with van der Waals surface area (Å²) >= 11 is 0. The Bertz CT molecular complexity index is 15.5. The van der Waals surface area contributed by atoms with E-state index in [4.69, 9.17) is 0 Å². The number of hydrogen-bond donors (Lipinski definition) is 0. The van der Waals surface area contributed by atoms with E-state index < -0.39 is 0 Å². The largest absolute Gasteiger partial charge is 0.197 e. The molecule has 0 amide bonds. The van der Waals surface area contributed by atoms with Gasteiger partial charge in [-0.2, -0.15) is 13.5 Å². The molecule has 0 aliphatic carbocycles. The van der Waals surface area contributed by atoms with Crippen LogP contribution in [0.2, 0.25) is 0 Å². The fourth-order valence-corrected chi connectivity index (χ4v) is 0. The molecule has 6 heteroatoms. The summed E-state index contributed by atoms with van der Waals surface area (Å²) in [5.41, 5.74) is 0. The van der Waals surface area contributed by atoms with Crippen molar-refractivity contribution in [2.45, 2.75) is 0 Å². The smallest absolute Gasteiger partial charge is 0 e. The first kappa shape index (κ1) is 58.0. The van der Waals surface area contributed by atoms with E-state index in [0.29, 0.717) is 0 Å². The van der Waals surface area contributed by atoms with Crippen LogP contribution in [0.3, 0.4) is 0 Å². The molecule has 0 unspecified atom stereocenters. The van der Waals surface area contributed by atoms with Crippen molar-refractivity contribution in [1.82, 2.24) is 0 Å². The zero-order chi connectivity index (χ0) is 0. The Labute approximate surface area is 107 Å². The van der Waals surface area contributed by atoms with E-state index in [1.807, 2.05) is 0 Å². The normalized spacial score (nSPS) is 0. The van der Waals surface area contributed by atoms with Crippen molar-refractivity contribution in [2.24, 2.45) is 0 Å². The molecule has 0 rings (SSSR count). The average Bonchev–Trinajstić information content (AvgIpc) is 0. The molecule has 35 valence electrons. The molecule has 0 aliphatic rings. The van der Waals surface area contributed by atoms with Crippen molar-refractivity contribution in [1.29, 1.82) is 0 Å². The van der Waals surface area contributed by atoms with Crippen LogP contribution >= 0.6 is 13.5 Å². The third-order valence-electron chi connectivity index (χ3n) is 0. The standard InChI is InChI=1S/Cu.Ge.H2S.Se.Sn.Zn/h;;1H2;;;. The van der Waals surface area contributed by atoms with Gasteiger partial charge in [-0.05, 0) is 0 Å². The molecule has 0 aliphatic heterocycles. The van der Waals surface area contributed by atoms with E-state index in [9.17, 15) is 0 Å². The van der Waals surface area contributed by atoms with Gasteiger partial charge >= 0.3 is 0 Å². The molecule has 0 nitrogen and oxygen atoms in total. The maximum Gasteiger partial charge on any atom is 0 e. The summed E-state index contributed by atoms with van der Waals surface area (Å²) in [6.45, 7) is 0. The molecule has 0 aromatic rings. The molecule has 0 spiro atoms. The van der Waals surface area contributed by atoms with Crippen LogP contribution < -0.4 is 0 Å². The summed E-state index contributed by atoms with van der Waals surface area (Å²) in [5.74, 6) is 0. The van der Waals surface area contributed by atoms with Crippen molar-refractivity contribution < 1.29 is 36.5 Å². The Morgan fingerprint density at radius 2 is 1.00 bits per heavy atom. The maximum atomic E-state index is 0. The molecule has 0 aromatic heterocycles. The average molecular weight is 433 g/mol. The van der Waals surface area contributed by atoms with Gasteiger partial charge in [0, 0.05) is 95.1 Å². The van der Waals surface area contributed by atoms with Gasteiger partial charge in [0.25, 0.3) is 0 Å². The van der Waals surface area contributed by atoms with E-state index in [1.54, 1.807) is 0 Å². The molecule has 0 aromatic carbocycles. The van der Waals surface area contributed by atoms with Gasteiger partial charge in [-0.25, -0.2) is 0 Å². The van der Waals surface area contributed by atoms with Gasteiger partial charge in [0.2, 0.25) is 0 Å². The molecule has 6 heavy (non-hydrogen) atoms. The van der Waals surface area contributed by atoms with Gasteiger partial charge in [-0.1, -0.05) is 0 Å². The first-order valence-corrected chi connectivity index (χ1v) is 0. The molecule has 0 fully saturated rings. The molecule has 0 bridgehead atoms. The van der Waals surface area contributed by atoms with Gasteiger partial charge in [-0.3, -0.25) is 0 Å². The van der Waals surface area contributed by atoms with Crippen LogP contribution in [-0.4, -0.2) is 58.6 Å². The minimum absolute atomic E-state index is 0. The summed E-state index contributed by atoms with van der Waals surface area (Å²) in [6.07, 6.45) is 0. The summed E-state index contributed by atoms with van der Waals surface area (Å²) in [4.78, 5) is 0. The van der Waals surface area contributed by atoms with E-state index in [-0.39, 0.29) is 109 Å². The zero-order valence-electron chi connectivity index (χ0n) is 2.92. The van der Waals surface area contributed by atoms with Crippen molar-refractivity contribution in [3.63, 3.8) is 0 Å². The topological polar surface area (TPSA) is 0 Å². The van der Waals surface area contributed by atoms with E-state index >= 15 is 0 Å².